The van der Waals surface area contributed by atoms with E-state index >= 15 is 0 Å². The Kier molecular flexibility index (Phi) is 6.45. The molecule has 4 aromatic rings. The number of hydrazine groups is 2. The summed E-state index contributed by atoms with van der Waals surface area (Å²) >= 11 is 0. The summed E-state index contributed by atoms with van der Waals surface area (Å²) in [5, 5.41) is 9.27. The van der Waals surface area contributed by atoms with E-state index in [1.165, 1.54) is 0 Å². The van der Waals surface area contributed by atoms with Crippen LogP contribution in [0.5, 0.6) is 11.5 Å². The van der Waals surface area contributed by atoms with Crippen LogP contribution >= 0.6 is 0 Å². The van der Waals surface area contributed by atoms with Crippen molar-refractivity contribution in [3.05, 3.63) is 93.6 Å². The summed E-state index contributed by atoms with van der Waals surface area (Å²) in [7, 11) is 6.81. The number of benzene rings is 2. The zero-order chi connectivity index (χ0) is 29.7. The van der Waals surface area contributed by atoms with Gasteiger partial charge in [-0.25, -0.2) is 0 Å². The molecule has 2 aliphatic rings. The summed E-state index contributed by atoms with van der Waals surface area (Å²) in [5.41, 5.74) is 19.1. The molecule has 0 atom stereocenters. The van der Waals surface area contributed by atoms with Crippen LogP contribution in [0.15, 0.2) is 48.5 Å². The second-order valence-corrected chi connectivity index (χ2v) is 9.98. The number of methoxy groups -OCH3 is 2. The normalized spacial score (nSPS) is 14.6. The number of ether oxygens (including phenoxy) is 2. The maximum absolute atomic E-state index is 13.5. The van der Waals surface area contributed by atoms with Gasteiger partial charge in [0, 0.05) is 36.4 Å². The van der Waals surface area contributed by atoms with Crippen LogP contribution in [-0.4, -0.2) is 45.6 Å². The lowest BCUT2D eigenvalue weighted by Gasteiger charge is -2.22. The van der Waals surface area contributed by atoms with E-state index in [-0.39, 0.29) is 11.8 Å². The Bertz CT molecular complexity index is 1680. The average molecular weight is 567 g/mol. The van der Waals surface area contributed by atoms with Gasteiger partial charge in [0.2, 0.25) is 0 Å². The Morgan fingerprint density at radius 3 is 1.29 bits per heavy atom. The number of aromatic nitrogens is 4. The average Bonchev–Trinajstić information content (AvgIpc) is 3.31. The summed E-state index contributed by atoms with van der Waals surface area (Å²) in [6.45, 7) is 3.59. The Morgan fingerprint density at radius 2 is 0.952 bits per heavy atom. The SMILES string of the molecule is COc1ccc(C2=C(C3=C(c4ccc(OC)cc4)NNC(=O)c4c(C)nn(C)c43)c3c(c(C)nn3C)C(=O)NN2)cc1. The van der Waals surface area contributed by atoms with Crippen molar-refractivity contribution in [2.75, 3.05) is 14.2 Å². The summed E-state index contributed by atoms with van der Waals surface area (Å²) in [4.78, 5) is 27.0. The molecule has 4 heterocycles. The number of fused-ring (bicyclic) bond motifs is 2. The number of nitrogens with zero attached hydrogens (tertiary/aromatic N) is 4. The number of allylic oxidation sites excluding steroid dienone is 2. The molecule has 2 aromatic heterocycles. The Morgan fingerprint density at radius 1 is 0.595 bits per heavy atom. The number of carbonyl (C=O) groups excluding carboxylic acids is 2. The first-order valence-electron chi connectivity index (χ1n) is 13.2. The number of hydrogen-bond acceptors (Lipinski definition) is 8. The molecule has 0 radical (unpaired) electrons. The van der Waals surface area contributed by atoms with Crippen LogP contribution in [0, 0.1) is 13.8 Å². The molecular formula is C30H30N8O4. The highest BCUT2D eigenvalue weighted by atomic mass is 16.5. The van der Waals surface area contributed by atoms with E-state index in [9.17, 15) is 9.59 Å². The lowest BCUT2D eigenvalue weighted by atomic mass is 9.87. The van der Waals surface area contributed by atoms with E-state index in [0.717, 1.165) is 11.1 Å². The molecule has 0 unspecified atom stereocenters. The van der Waals surface area contributed by atoms with Crippen LogP contribution in [0.1, 0.15) is 54.6 Å². The van der Waals surface area contributed by atoms with Crippen molar-refractivity contribution < 1.29 is 19.1 Å². The maximum atomic E-state index is 13.5. The van der Waals surface area contributed by atoms with E-state index in [2.05, 4.69) is 31.9 Å². The number of carbonyl (C=O) groups is 2. The van der Waals surface area contributed by atoms with E-state index in [0.29, 0.717) is 67.9 Å². The van der Waals surface area contributed by atoms with Gasteiger partial charge in [-0.05, 0) is 62.4 Å². The summed E-state index contributed by atoms with van der Waals surface area (Å²) in [6, 6.07) is 15.0. The van der Waals surface area contributed by atoms with Gasteiger partial charge in [-0.3, -0.25) is 40.7 Å². The van der Waals surface area contributed by atoms with Gasteiger partial charge in [-0.15, -0.1) is 0 Å². The molecule has 4 N–H and O–H groups in total. The molecule has 0 saturated carbocycles. The van der Waals surface area contributed by atoms with Gasteiger partial charge in [0.25, 0.3) is 11.8 Å². The first kappa shape index (κ1) is 26.7. The van der Waals surface area contributed by atoms with E-state index in [1.807, 2.05) is 48.5 Å². The number of amides is 2. The summed E-state index contributed by atoms with van der Waals surface area (Å²) in [6.07, 6.45) is 0. The highest BCUT2D eigenvalue weighted by molar-refractivity contribution is 6.25. The predicted octanol–water partition coefficient (Wildman–Crippen LogP) is 2.72. The van der Waals surface area contributed by atoms with Gasteiger partial charge in [0.05, 0.1) is 59.5 Å². The van der Waals surface area contributed by atoms with Gasteiger partial charge < -0.3 is 9.47 Å². The van der Waals surface area contributed by atoms with Gasteiger partial charge >= 0.3 is 0 Å². The molecule has 214 valence electrons. The van der Waals surface area contributed by atoms with Crippen LogP contribution in [-0.2, 0) is 14.1 Å². The van der Waals surface area contributed by atoms with Crippen molar-refractivity contribution >= 4 is 34.4 Å². The highest BCUT2D eigenvalue weighted by Gasteiger charge is 2.37. The first-order valence-corrected chi connectivity index (χ1v) is 13.2. The molecule has 12 nitrogen and oxygen atoms in total. The Balaban J connectivity index is 1.80. The third-order valence-electron chi connectivity index (χ3n) is 7.48. The third kappa shape index (κ3) is 4.15. The number of nitrogens with one attached hydrogen (secondary N) is 4. The standard InChI is InChI=1S/C30H30N8O4/c1-15-21-27(37(3)35-15)23(25(31-33-29(21)39)17-7-11-19(41-5)12-8-17)24-26(18-9-13-20(42-6)14-10-18)32-34-30(40)22-16(2)36-38(4)28(22)24/h7-14,31-32H,1-6H3,(H,33,39)(H,34,40). The molecule has 0 saturated heterocycles. The number of hydrogen-bond donors (Lipinski definition) is 4. The van der Waals surface area contributed by atoms with Gasteiger partial charge in [-0.2, -0.15) is 10.2 Å². The summed E-state index contributed by atoms with van der Waals surface area (Å²) in [5.74, 6) is 0.703. The lowest BCUT2D eigenvalue weighted by molar-refractivity contribution is 0.0934. The molecule has 0 aliphatic carbocycles. The van der Waals surface area contributed by atoms with Crippen LogP contribution in [0.3, 0.4) is 0 Å². The van der Waals surface area contributed by atoms with E-state index in [4.69, 9.17) is 9.47 Å². The molecule has 2 amide bonds. The largest absolute Gasteiger partial charge is 0.497 e. The molecule has 2 aliphatic heterocycles. The van der Waals surface area contributed by atoms with Gasteiger partial charge in [-0.1, -0.05) is 0 Å². The van der Waals surface area contributed by atoms with Crippen molar-refractivity contribution in [3.8, 4) is 11.5 Å². The van der Waals surface area contributed by atoms with E-state index in [1.54, 1.807) is 51.5 Å². The minimum absolute atomic E-state index is 0.333. The fourth-order valence-electron chi connectivity index (χ4n) is 5.59. The van der Waals surface area contributed by atoms with Crippen molar-refractivity contribution in [1.29, 1.82) is 0 Å². The Hall–Kier alpha value is -5.52. The minimum Gasteiger partial charge on any atom is -0.497 e. The molecule has 12 heteroatoms. The van der Waals surface area contributed by atoms with Crippen molar-refractivity contribution in [1.82, 2.24) is 41.3 Å². The van der Waals surface area contributed by atoms with Crippen molar-refractivity contribution in [2.24, 2.45) is 14.1 Å². The van der Waals surface area contributed by atoms with Crippen molar-refractivity contribution in [2.45, 2.75) is 13.8 Å². The first-order chi connectivity index (χ1) is 20.2. The zero-order valence-electron chi connectivity index (χ0n) is 24.0. The smallest absolute Gasteiger partial charge is 0.273 e. The van der Waals surface area contributed by atoms with Crippen molar-refractivity contribution in [3.63, 3.8) is 0 Å². The quantitative estimate of drug-likeness (QED) is 0.290. The lowest BCUT2D eigenvalue weighted by Crippen LogP contribution is -2.35. The Labute approximate surface area is 241 Å². The minimum atomic E-state index is -0.333. The third-order valence-corrected chi connectivity index (χ3v) is 7.48. The molecule has 0 bridgehead atoms. The van der Waals surface area contributed by atoms with Gasteiger partial charge in [0.15, 0.2) is 0 Å². The van der Waals surface area contributed by atoms with Gasteiger partial charge in [0.1, 0.15) is 11.5 Å². The molecule has 0 spiro atoms. The molecular weight excluding hydrogens is 536 g/mol. The van der Waals surface area contributed by atoms with Crippen LogP contribution in [0.4, 0.5) is 0 Å². The van der Waals surface area contributed by atoms with Crippen LogP contribution in [0.25, 0.3) is 22.5 Å². The fourth-order valence-corrected chi connectivity index (χ4v) is 5.59. The molecule has 6 rings (SSSR count). The highest BCUT2D eigenvalue weighted by Crippen LogP contribution is 2.45. The number of rotatable bonds is 5. The summed E-state index contributed by atoms with van der Waals surface area (Å²) < 4.78 is 14.2. The van der Waals surface area contributed by atoms with Crippen LogP contribution < -0.4 is 31.2 Å². The van der Waals surface area contributed by atoms with E-state index < -0.39 is 0 Å². The second-order valence-electron chi connectivity index (χ2n) is 9.98. The number of aryl methyl sites for hydroxylation is 4. The van der Waals surface area contributed by atoms with Crippen LogP contribution in [0.2, 0.25) is 0 Å². The molecule has 0 fully saturated rings. The molecule has 42 heavy (non-hydrogen) atoms. The topological polar surface area (TPSA) is 136 Å². The fraction of sp³-hybridized carbons (Fsp3) is 0.200. The predicted molar refractivity (Wildman–Crippen MR) is 157 cm³/mol. The second kappa shape index (κ2) is 10.1. The maximum Gasteiger partial charge on any atom is 0.273 e. The molecule has 2 aromatic carbocycles. The monoisotopic (exact) mass is 566 g/mol. The zero-order valence-corrected chi connectivity index (χ0v) is 24.0.